The number of piperidine rings is 1. The number of nitrogens with one attached hydrogen (secondary N) is 1. The van der Waals surface area contributed by atoms with Crippen LogP contribution in [-0.4, -0.2) is 35.6 Å². The normalized spacial score (nSPS) is 19.7. The first kappa shape index (κ1) is 16.2. The summed E-state index contributed by atoms with van der Waals surface area (Å²) >= 11 is 1.77. The molecule has 0 atom stereocenters. The van der Waals surface area contributed by atoms with Crippen molar-refractivity contribution in [2.24, 2.45) is 5.92 Å². The topological polar surface area (TPSA) is 28.2 Å². The van der Waals surface area contributed by atoms with E-state index in [1.165, 1.54) is 62.1 Å². The number of rotatable bonds is 6. The Kier molecular flexibility index (Phi) is 4.97. The molecule has 1 aliphatic heterocycles. The maximum Gasteiger partial charge on any atom is 0.123 e. The molecule has 2 aromatic rings. The number of benzene rings is 1. The Hall–Kier alpha value is -1.23. The van der Waals surface area contributed by atoms with E-state index < -0.39 is 0 Å². The molecular formula is C20H27N3S. The minimum absolute atomic E-state index is 0.736. The highest BCUT2D eigenvalue weighted by molar-refractivity contribution is 7.13. The molecule has 3 nitrogen and oxygen atoms in total. The summed E-state index contributed by atoms with van der Waals surface area (Å²) in [5.41, 5.74) is 3.76. The molecule has 0 bridgehead atoms. The lowest BCUT2D eigenvalue weighted by atomic mass is 10.0. The van der Waals surface area contributed by atoms with Crippen LogP contribution < -0.4 is 5.32 Å². The Bertz CT molecular complexity index is 652. The molecule has 0 unspecified atom stereocenters. The van der Waals surface area contributed by atoms with Crippen molar-refractivity contribution in [1.29, 1.82) is 0 Å². The van der Waals surface area contributed by atoms with Crippen LogP contribution in [0.1, 0.15) is 36.9 Å². The molecule has 2 fully saturated rings. The van der Waals surface area contributed by atoms with Gasteiger partial charge in [-0.2, -0.15) is 0 Å². The lowest BCUT2D eigenvalue weighted by Gasteiger charge is -2.32. The fraction of sp³-hybridized carbons (Fsp3) is 0.550. The zero-order chi connectivity index (χ0) is 16.4. The Morgan fingerprint density at radius 1 is 1.12 bits per heavy atom. The number of hydrogen-bond donors (Lipinski definition) is 1. The van der Waals surface area contributed by atoms with E-state index in [0.717, 1.165) is 23.5 Å². The van der Waals surface area contributed by atoms with Gasteiger partial charge in [-0.15, -0.1) is 11.3 Å². The molecule has 1 aliphatic carbocycles. The van der Waals surface area contributed by atoms with Gasteiger partial charge in [0.05, 0.1) is 5.69 Å². The van der Waals surface area contributed by atoms with Crippen LogP contribution in [0.3, 0.4) is 0 Å². The third kappa shape index (κ3) is 4.24. The van der Waals surface area contributed by atoms with E-state index in [4.69, 9.17) is 4.98 Å². The fourth-order valence-electron chi connectivity index (χ4n) is 3.39. The van der Waals surface area contributed by atoms with Gasteiger partial charge in [0, 0.05) is 36.6 Å². The average molecular weight is 342 g/mol. The van der Waals surface area contributed by atoms with Gasteiger partial charge in [0.15, 0.2) is 0 Å². The van der Waals surface area contributed by atoms with Gasteiger partial charge < -0.3 is 5.32 Å². The van der Waals surface area contributed by atoms with E-state index in [1.54, 1.807) is 11.3 Å². The first-order valence-corrected chi connectivity index (χ1v) is 10.1. The van der Waals surface area contributed by atoms with E-state index in [0.29, 0.717) is 0 Å². The van der Waals surface area contributed by atoms with Crippen LogP contribution in [0.4, 0.5) is 0 Å². The third-order valence-electron chi connectivity index (χ3n) is 5.22. The number of thiazole rings is 1. The highest BCUT2D eigenvalue weighted by Crippen LogP contribution is 2.28. The Balaban J connectivity index is 1.27. The van der Waals surface area contributed by atoms with Gasteiger partial charge in [-0.25, -0.2) is 4.98 Å². The molecule has 1 saturated heterocycles. The van der Waals surface area contributed by atoms with Crippen molar-refractivity contribution < 1.29 is 0 Å². The second kappa shape index (κ2) is 7.34. The second-order valence-electron chi connectivity index (χ2n) is 7.41. The summed E-state index contributed by atoms with van der Waals surface area (Å²) < 4.78 is 0. The maximum atomic E-state index is 4.85. The first-order chi connectivity index (χ1) is 11.8. The molecule has 4 rings (SSSR count). The lowest BCUT2D eigenvalue weighted by molar-refractivity contribution is 0.188. The Labute approximate surface area is 149 Å². The highest BCUT2D eigenvalue weighted by Gasteiger charge is 2.24. The summed E-state index contributed by atoms with van der Waals surface area (Å²) in [6, 6.07) is 9.41. The van der Waals surface area contributed by atoms with Crippen molar-refractivity contribution in [3.05, 3.63) is 40.9 Å². The molecule has 1 aromatic heterocycles. The number of nitrogens with zero attached hydrogens (tertiary/aromatic N) is 2. The molecule has 24 heavy (non-hydrogen) atoms. The number of likely N-dealkylation sites (tertiary alicyclic amines) is 1. The number of hydrogen-bond acceptors (Lipinski definition) is 4. The van der Waals surface area contributed by atoms with Crippen LogP contribution in [0.15, 0.2) is 29.6 Å². The first-order valence-electron chi connectivity index (χ1n) is 9.23. The largest absolute Gasteiger partial charge is 0.314 e. The predicted molar refractivity (Wildman–Crippen MR) is 101 cm³/mol. The minimum atomic E-state index is 0.736. The van der Waals surface area contributed by atoms with Crippen LogP contribution >= 0.6 is 11.3 Å². The molecule has 0 amide bonds. The van der Waals surface area contributed by atoms with Crippen molar-refractivity contribution in [3.63, 3.8) is 0 Å². The molecule has 1 saturated carbocycles. The third-order valence-corrected chi connectivity index (χ3v) is 6.16. The van der Waals surface area contributed by atoms with Crippen molar-refractivity contribution >= 4 is 11.3 Å². The van der Waals surface area contributed by atoms with Gasteiger partial charge in [-0.05, 0) is 45.1 Å². The maximum absolute atomic E-state index is 4.85. The van der Waals surface area contributed by atoms with Crippen LogP contribution in [0.5, 0.6) is 0 Å². The quantitative estimate of drug-likeness (QED) is 0.858. The van der Waals surface area contributed by atoms with Crippen molar-refractivity contribution in [2.45, 2.75) is 45.2 Å². The van der Waals surface area contributed by atoms with E-state index in [-0.39, 0.29) is 0 Å². The van der Waals surface area contributed by atoms with E-state index in [9.17, 15) is 0 Å². The Morgan fingerprint density at radius 2 is 1.88 bits per heavy atom. The van der Waals surface area contributed by atoms with Crippen LogP contribution in [-0.2, 0) is 6.54 Å². The smallest absolute Gasteiger partial charge is 0.123 e. The molecule has 0 radical (unpaired) electrons. The molecule has 128 valence electrons. The predicted octanol–water partition coefficient (Wildman–Crippen LogP) is 4.08. The van der Waals surface area contributed by atoms with Crippen LogP contribution in [0.25, 0.3) is 10.6 Å². The zero-order valence-electron chi connectivity index (χ0n) is 14.5. The van der Waals surface area contributed by atoms with Gasteiger partial charge in [-0.1, -0.05) is 29.8 Å². The summed E-state index contributed by atoms with van der Waals surface area (Å²) in [6.07, 6.45) is 5.45. The van der Waals surface area contributed by atoms with Gasteiger partial charge in [0.1, 0.15) is 5.01 Å². The lowest BCUT2D eigenvalue weighted by Crippen LogP contribution is -2.42. The van der Waals surface area contributed by atoms with Gasteiger partial charge in [0.25, 0.3) is 0 Å². The van der Waals surface area contributed by atoms with Gasteiger partial charge in [-0.3, -0.25) is 4.90 Å². The Morgan fingerprint density at radius 3 is 2.58 bits per heavy atom. The number of aromatic nitrogens is 1. The SMILES string of the molecule is Cc1ccc(-c2nc(CN3CCC(NCC4CC4)CC3)cs2)cc1. The fourth-order valence-corrected chi connectivity index (χ4v) is 4.20. The molecule has 4 heteroatoms. The van der Waals surface area contributed by atoms with E-state index >= 15 is 0 Å². The minimum Gasteiger partial charge on any atom is -0.314 e. The summed E-state index contributed by atoms with van der Waals surface area (Å²) in [5.74, 6) is 0.984. The van der Waals surface area contributed by atoms with E-state index in [2.05, 4.69) is 46.8 Å². The van der Waals surface area contributed by atoms with Crippen molar-refractivity contribution in [3.8, 4) is 10.6 Å². The summed E-state index contributed by atoms with van der Waals surface area (Å²) in [6.45, 7) is 6.76. The van der Waals surface area contributed by atoms with Gasteiger partial charge in [0.2, 0.25) is 0 Å². The standard InChI is InChI=1S/C20H27N3S/c1-15-2-6-17(7-3-15)20-22-19(14-24-20)13-23-10-8-18(9-11-23)21-12-16-4-5-16/h2-3,6-7,14,16,18,21H,4-5,8-13H2,1H3. The monoisotopic (exact) mass is 341 g/mol. The molecular weight excluding hydrogens is 314 g/mol. The average Bonchev–Trinajstić information content (AvgIpc) is 3.33. The van der Waals surface area contributed by atoms with Crippen LogP contribution in [0, 0.1) is 12.8 Å². The highest BCUT2D eigenvalue weighted by atomic mass is 32.1. The number of aryl methyl sites for hydroxylation is 1. The van der Waals surface area contributed by atoms with Crippen LogP contribution in [0.2, 0.25) is 0 Å². The van der Waals surface area contributed by atoms with E-state index in [1.807, 2.05) is 0 Å². The molecule has 0 spiro atoms. The summed E-state index contributed by atoms with van der Waals surface area (Å²) in [4.78, 5) is 7.41. The zero-order valence-corrected chi connectivity index (χ0v) is 15.3. The summed E-state index contributed by atoms with van der Waals surface area (Å²) in [5, 5.41) is 7.13. The second-order valence-corrected chi connectivity index (χ2v) is 8.27. The molecule has 2 heterocycles. The van der Waals surface area contributed by atoms with Gasteiger partial charge >= 0.3 is 0 Å². The summed E-state index contributed by atoms with van der Waals surface area (Å²) in [7, 11) is 0. The molecule has 2 aliphatic rings. The van der Waals surface area contributed by atoms with Crippen molar-refractivity contribution in [1.82, 2.24) is 15.2 Å². The molecule has 1 N–H and O–H groups in total. The van der Waals surface area contributed by atoms with Crippen molar-refractivity contribution in [2.75, 3.05) is 19.6 Å². The molecule has 1 aromatic carbocycles.